The van der Waals surface area contributed by atoms with Gasteiger partial charge in [-0.25, -0.2) is 9.97 Å². The van der Waals surface area contributed by atoms with Gasteiger partial charge in [-0.3, -0.25) is 0 Å². The van der Waals surface area contributed by atoms with Crippen LogP contribution in [-0.4, -0.2) is 14.5 Å². The van der Waals surface area contributed by atoms with E-state index in [9.17, 15) is 0 Å². The number of allylic oxidation sites excluding steroid dienone is 4. The SMILES string of the molecule is C1=CC(n2c3ccccc3c3ccccc32)CC=C1c1ccc(-c2cc(-c3ccccc3)cc(-c3nc(-c4ccccc4)cc(-c4ccccc4)n3)c2)cc1. The largest absolute Gasteiger partial charge is 0.333 e. The number of nitrogens with zero attached hydrogens (tertiary/aromatic N) is 3. The Morgan fingerprint density at radius 3 is 1.38 bits per heavy atom. The zero-order valence-electron chi connectivity index (χ0n) is 30.3. The van der Waals surface area contributed by atoms with E-state index in [0.717, 1.165) is 56.8 Å². The van der Waals surface area contributed by atoms with Crippen LogP contribution in [0.25, 0.3) is 83.5 Å². The van der Waals surface area contributed by atoms with Gasteiger partial charge in [-0.2, -0.15) is 0 Å². The molecule has 2 aromatic heterocycles. The molecule has 7 aromatic carbocycles. The first-order valence-corrected chi connectivity index (χ1v) is 18.9. The molecule has 55 heavy (non-hydrogen) atoms. The van der Waals surface area contributed by atoms with Gasteiger partial charge in [0, 0.05) is 38.5 Å². The van der Waals surface area contributed by atoms with Crippen LogP contribution in [0.3, 0.4) is 0 Å². The summed E-state index contributed by atoms with van der Waals surface area (Å²) in [5, 5.41) is 2.62. The average molecular weight is 704 g/mol. The lowest BCUT2D eigenvalue weighted by molar-refractivity contribution is 0.649. The summed E-state index contributed by atoms with van der Waals surface area (Å²) < 4.78 is 2.50. The van der Waals surface area contributed by atoms with E-state index >= 15 is 0 Å². The molecule has 0 saturated carbocycles. The van der Waals surface area contributed by atoms with Crippen LogP contribution in [0.1, 0.15) is 18.0 Å². The smallest absolute Gasteiger partial charge is 0.160 e. The first kappa shape index (κ1) is 32.5. The molecule has 0 spiro atoms. The Morgan fingerprint density at radius 1 is 0.400 bits per heavy atom. The minimum absolute atomic E-state index is 0.261. The van der Waals surface area contributed by atoms with Crippen molar-refractivity contribution >= 4 is 27.4 Å². The van der Waals surface area contributed by atoms with Crippen molar-refractivity contribution in [2.24, 2.45) is 0 Å². The first-order valence-electron chi connectivity index (χ1n) is 18.9. The van der Waals surface area contributed by atoms with Crippen molar-refractivity contribution in [2.45, 2.75) is 12.5 Å². The Hall–Kier alpha value is -7.10. The summed E-state index contributed by atoms with van der Waals surface area (Å²) in [5.41, 5.74) is 14.5. The standard InChI is InChI=1S/C52H37N3/c1-4-14-36(15-5-1)42-32-43(34-44(33-42)52-53-48(40-16-6-2-7-17-40)35-49(54-52)41-18-8-3-9-19-41)39-26-24-37(25-27-39)38-28-30-45(31-29-38)55-50-22-12-10-20-46(50)47-21-11-13-23-51(47)55/h1-30,32-35,45H,31H2. The van der Waals surface area contributed by atoms with Crippen molar-refractivity contribution in [3.8, 4) is 56.2 Å². The number of aromatic nitrogens is 3. The van der Waals surface area contributed by atoms with Crippen molar-refractivity contribution < 1.29 is 0 Å². The summed E-state index contributed by atoms with van der Waals surface area (Å²) in [4.78, 5) is 10.3. The van der Waals surface area contributed by atoms with Crippen molar-refractivity contribution in [1.82, 2.24) is 14.5 Å². The van der Waals surface area contributed by atoms with Gasteiger partial charge in [0.15, 0.2) is 5.82 Å². The molecule has 1 aliphatic rings. The zero-order valence-corrected chi connectivity index (χ0v) is 30.3. The van der Waals surface area contributed by atoms with Crippen molar-refractivity contribution in [3.63, 3.8) is 0 Å². The molecule has 260 valence electrons. The molecule has 0 saturated heterocycles. The van der Waals surface area contributed by atoms with E-state index in [4.69, 9.17) is 9.97 Å². The van der Waals surface area contributed by atoms with Crippen LogP contribution >= 0.6 is 0 Å². The Labute approximate surface area is 321 Å². The fourth-order valence-corrected chi connectivity index (χ4v) is 7.99. The molecule has 0 fully saturated rings. The predicted molar refractivity (Wildman–Crippen MR) is 229 cm³/mol. The lowest BCUT2D eigenvalue weighted by Crippen LogP contribution is -2.07. The van der Waals surface area contributed by atoms with Gasteiger partial charge >= 0.3 is 0 Å². The normalized spacial score (nSPS) is 14.0. The Bertz CT molecular complexity index is 2760. The average Bonchev–Trinajstić information content (AvgIpc) is 3.61. The Morgan fingerprint density at radius 2 is 0.855 bits per heavy atom. The molecule has 10 rings (SSSR count). The zero-order chi connectivity index (χ0) is 36.6. The third kappa shape index (κ3) is 6.26. The Kier molecular flexibility index (Phi) is 8.31. The second-order valence-corrected chi connectivity index (χ2v) is 14.2. The van der Waals surface area contributed by atoms with Crippen LogP contribution < -0.4 is 0 Å². The third-order valence-electron chi connectivity index (χ3n) is 10.7. The van der Waals surface area contributed by atoms with Crippen molar-refractivity contribution in [2.75, 3.05) is 0 Å². The second-order valence-electron chi connectivity index (χ2n) is 14.2. The Balaban J connectivity index is 1.01. The number of rotatable bonds is 7. The van der Waals surface area contributed by atoms with Crippen molar-refractivity contribution in [1.29, 1.82) is 0 Å². The highest BCUT2D eigenvalue weighted by Crippen LogP contribution is 2.38. The van der Waals surface area contributed by atoms with E-state index in [0.29, 0.717) is 5.82 Å². The highest BCUT2D eigenvalue weighted by atomic mass is 15.0. The number of hydrogen-bond donors (Lipinski definition) is 0. The monoisotopic (exact) mass is 703 g/mol. The molecule has 0 N–H and O–H groups in total. The second kappa shape index (κ2) is 14.0. The molecule has 3 heteroatoms. The maximum Gasteiger partial charge on any atom is 0.160 e. The summed E-state index contributed by atoms with van der Waals surface area (Å²) >= 11 is 0. The molecular formula is C52H37N3. The molecule has 0 bridgehead atoms. The summed E-state index contributed by atoms with van der Waals surface area (Å²) in [6, 6.07) is 66.9. The molecule has 1 atom stereocenters. The summed E-state index contributed by atoms with van der Waals surface area (Å²) in [7, 11) is 0. The molecule has 0 amide bonds. The number of benzene rings is 7. The molecular weight excluding hydrogens is 667 g/mol. The van der Waals surface area contributed by atoms with Gasteiger partial charge in [-0.1, -0.05) is 170 Å². The van der Waals surface area contributed by atoms with Crippen LogP contribution in [0.5, 0.6) is 0 Å². The highest BCUT2D eigenvalue weighted by molar-refractivity contribution is 6.08. The minimum Gasteiger partial charge on any atom is -0.333 e. The summed E-state index contributed by atoms with van der Waals surface area (Å²) in [6.45, 7) is 0. The first-order chi connectivity index (χ1) is 27.2. The summed E-state index contributed by atoms with van der Waals surface area (Å²) in [6.07, 6.45) is 7.98. The third-order valence-corrected chi connectivity index (χ3v) is 10.7. The molecule has 0 aliphatic heterocycles. The lowest BCUT2D eigenvalue weighted by Gasteiger charge is -2.21. The molecule has 0 radical (unpaired) electrons. The highest BCUT2D eigenvalue weighted by Gasteiger charge is 2.19. The predicted octanol–water partition coefficient (Wildman–Crippen LogP) is 13.5. The molecule has 2 heterocycles. The molecule has 1 aliphatic carbocycles. The minimum atomic E-state index is 0.261. The maximum absolute atomic E-state index is 5.17. The van der Waals surface area contributed by atoms with Gasteiger partial charge in [-0.05, 0) is 76.2 Å². The maximum atomic E-state index is 5.17. The van der Waals surface area contributed by atoms with Gasteiger partial charge in [0.25, 0.3) is 0 Å². The van der Waals surface area contributed by atoms with Crippen LogP contribution in [0, 0.1) is 0 Å². The quantitative estimate of drug-likeness (QED) is 0.165. The van der Waals surface area contributed by atoms with E-state index in [-0.39, 0.29) is 6.04 Å². The van der Waals surface area contributed by atoms with Crippen LogP contribution in [0.2, 0.25) is 0 Å². The topological polar surface area (TPSA) is 30.7 Å². The van der Waals surface area contributed by atoms with E-state index in [1.54, 1.807) is 0 Å². The van der Waals surface area contributed by atoms with Gasteiger partial charge < -0.3 is 4.57 Å². The fourth-order valence-electron chi connectivity index (χ4n) is 7.99. The van der Waals surface area contributed by atoms with Gasteiger partial charge in [0.05, 0.1) is 17.4 Å². The molecule has 1 unspecified atom stereocenters. The van der Waals surface area contributed by atoms with Gasteiger partial charge in [-0.15, -0.1) is 0 Å². The van der Waals surface area contributed by atoms with E-state index in [1.807, 2.05) is 12.1 Å². The van der Waals surface area contributed by atoms with Crippen molar-refractivity contribution in [3.05, 3.63) is 212 Å². The summed E-state index contributed by atoms with van der Waals surface area (Å²) in [5.74, 6) is 0.700. The number of hydrogen-bond acceptors (Lipinski definition) is 2. The van der Waals surface area contributed by atoms with E-state index in [1.165, 1.54) is 32.9 Å². The fraction of sp³-hybridized carbons (Fsp3) is 0.0385. The van der Waals surface area contributed by atoms with Gasteiger partial charge in [0.1, 0.15) is 0 Å². The number of para-hydroxylation sites is 2. The van der Waals surface area contributed by atoms with E-state index in [2.05, 4.69) is 199 Å². The van der Waals surface area contributed by atoms with Crippen LogP contribution in [0.4, 0.5) is 0 Å². The number of fused-ring (bicyclic) bond motifs is 3. The lowest BCUT2D eigenvalue weighted by atomic mass is 9.93. The molecule has 3 nitrogen and oxygen atoms in total. The van der Waals surface area contributed by atoms with E-state index < -0.39 is 0 Å². The molecule has 9 aromatic rings. The van der Waals surface area contributed by atoms with Crippen LogP contribution in [-0.2, 0) is 0 Å². The van der Waals surface area contributed by atoms with Crippen LogP contribution in [0.15, 0.2) is 206 Å². The van der Waals surface area contributed by atoms with Gasteiger partial charge in [0.2, 0.25) is 0 Å².